The lowest BCUT2D eigenvalue weighted by atomic mass is 9.92. The van der Waals surface area contributed by atoms with Gasteiger partial charge in [-0.15, -0.1) is 11.3 Å². The summed E-state index contributed by atoms with van der Waals surface area (Å²) in [5.41, 5.74) is 31.3. The van der Waals surface area contributed by atoms with Crippen molar-refractivity contribution in [1.82, 2.24) is 42.8 Å². The molecule has 0 atom stereocenters. The molecule has 9 nitrogen and oxygen atoms in total. The van der Waals surface area contributed by atoms with Crippen molar-refractivity contribution in [3.63, 3.8) is 0 Å². The van der Waals surface area contributed by atoms with Gasteiger partial charge in [0, 0.05) is 135 Å². The molecule has 0 aliphatic carbocycles. The van der Waals surface area contributed by atoms with Crippen LogP contribution in [0.15, 0.2) is 455 Å². The molecular weight excluding hydrogens is 1620 g/mol. The van der Waals surface area contributed by atoms with Gasteiger partial charge in [0.2, 0.25) is 0 Å². The molecule has 0 spiro atoms. The van der Waals surface area contributed by atoms with E-state index in [9.17, 15) is 0 Å². The number of hydrogen-bond donors (Lipinski definition) is 0. The molecule has 614 valence electrons. The topological polar surface area (TPSA) is 76.2 Å². The van der Waals surface area contributed by atoms with Crippen LogP contribution in [0.2, 0.25) is 0 Å². The van der Waals surface area contributed by atoms with Gasteiger partial charge in [-0.25, -0.2) is 19.9 Å². The summed E-state index contributed by atoms with van der Waals surface area (Å²) in [6.45, 7) is 0. The average molecular weight is 1700 g/mol. The number of rotatable bonds is 14. The zero-order valence-electron chi connectivity index (χ0n) is 71.2. The number of thiophene rings is 1. The van der Waals surface area contributed by atoms with Crippen molar-refractivity contribution >= 4 is 141 Å². The highest BCUT2D eigenvalue weighted by Gasteiger charge is 2.31. The second kappa shape index (κ2) is 30.1. The first-order valence-corrected chi connectivity index (χ1v) is 45.7. The van der Waals surface area contributed by atoms with E-state index in [0.717, 1.165) is 184 Å². The molecule has 19 aromatic carbocycles. The summed E-state index contributed by atoms with van der Waals surface area (Å²) >= 11 is 1.86. The van der Waals surface area contributed by atoms with Crippen molar-refractivity contribution in [3.8, 4) is 130 Å². The molecule has 8 heterocycles. The van der Waals surface area contributed by atoms with Crippen molar-refractivity contribution in [3.05, 3.63) is 455 Å². The lowest BCUT2D eigenvalue weighted by Gasteiger charge is -2.22. The second-order valence-electron chi connectivity index (χ2n) is 34.1. The summed E-state index contributed by atoms with van der Waals surface area (Å²) in [4.78, 5) is 22.8. The summed E-state index contributed by atoms with van der Waals surface area (Å²) in [6.07, 6.45) is 0. The Kier molecular flexibility index (Phi) is 17.1. The van der Waals surface area contributed by atoms with Crippen LogP contribution in [0, 0.1) is 0 Å². The lowest BCUT2D eigenvalue weighted by Crippen LogP contribution is -2.04. The molecule has 0 unspecified atom stereocenters. The van der Waals surface area contributed by atoms with E-state index in [1.807, 2.05) is 11.3 Å². The fourth-order valence-corrected chi connectivity index (χ4v) is 22.6. The standard InChI is InChI=1S/C122H75N9S/c1-5-35-76(36-6-1)97-74-99(125-121(123-97)77-37-7-2-8-38-77)91-54-33-65-111(115(91)93-51-20-29-61-106(93)128-102-57-25-15-45-83(102)84-46-16-26-58-103(84)128)131-109-70-67-79(73-96(109)118-113(131)72-69-90-88-50-23-32-66-114(88)132-120(90)118)81-43-13-14-44-82(81)98-75-100(126-122(124-98)78-39-9-3-10-40-78)92-55-34-64-110(116(92)94-52-21-30-62-107(94)129-104-59-27-17-47-85(104)86-48-18-28-60-105(86)129)130-108-63-31-22-53-95(108)117-112(130)71-68-89-87-49-19-24-56-101(87)127(119(89)117)80-41-11-4-12-42-80/h1-75H. The van der Waals surface area contributed by atoms with Gasteiger partial charge in [0.05, 0.1) is 101 Å². The average Bonchev–Trinajstić information content (AvgIpc) is 1.54. The Labute approximate surface area is 762 Å². The van der Waals surface area contributed by atoms with Gasteiger partial charge in [-0.2, -0.15) is 0 Å². The van der Waals surface area contributed by atoms with Crippen LogP contribution in [0.5, 0.6) is 0 Å². The van der Waals surface area contributed by atoms with E-state index < -0.39 is 0 Å². The molecule has 0 bridgehead atoms. The normalized spacial score (nSPS) is 11.9. The summed E-state index contributed by atoms with van der Waals surface area (Å²) in [5, 5.41) is 14.2. The fraction of sp³-hybridized carbons (Fsp3) is 0. The van der Waals surface area contributed by atoms with Crippen LogP contribution in [0.25, 0.3) is 259 Å². The van der Waals surface area contributed by atoms with E-state index in [1.165, 1.54) is 63.3 Å². The third-order valence-corrected chi connectivity index (χ3v) is 28.2. The molecule has 0 fully saturated rings. The van der Waals surface area contributed by atoms with E-state index in [4.69, 9.17) is 19.9 Å². The van der Waals surface area contributed by atoms with Gasteiger partial charge >= 0.3 is 0 Å². The maximum absolute atomic E-state index is 5.89. The minimum atomic E-state index is 0.607. The molecular formula is C122H75N9S. The Balaban J connectivity index is 0.707. The van der Waals surface area contributed by atoms with Crippen molar-refractivity contribution in [2.24, 2.45) is 0 Å². The van der Waals surface area contributed by atoms with Gasteiger partial charge in [-0.3, -0.25) is 0 Å². The van der Waals surface area contributed by atoms with E-state index in [2.05, 4.69) is 478 Å². The van der Waals surface area contributed by atoms with Crippen molar-refractivity contribution < 1.29 is 0 Å². The first-order chi connectivity index (χ1) is 65.5. The Morgan fingerprint density at radius 1 is 0.182 bits per heavy atom. The van der Waals surface area contributed by atoms with Crippen LogP contribution in [0.1, 0.15) is 0 Å². The van der Waals surface area contributed by atoms with Crippen LogP contribution in [0.4, 0.5) is 0 Å². The maximum atomic E-state index is 5.89. The number of benzene rings is 19. The summed E-state index contributed by atoms with van der Waals surface area (Å²) in [7, 11) is 0. The lowest BCUT2D eigenvalue weighted by molar-refractivity contribution is 1.15. The molecule has 0 aliphatic heterocycles. The van der Waals surface area contributed by atoms with Crippen molar-refractivity contribution in [1.29, 1.82) is 0 Å². The Hall–Kier alpha value is -17.4. The molecule has 10 heteroatoms. The van der Waals surface area contributed by atoms with E-state index in [1.54, 1.807) is 0 Å². The molecule has 0 N–H and O–H groups in total. The summed E-state index contributed by atoms with van der Waals surface area (Å²) in [6, 6.07) is 166. The van der Waals surface area contributed by atoms with Crippen LogP contribution in [0.3, 0.4) is 0 Å². The summed E-state index contributed by atoms with van der Waals surface area (Å²) in [5.74, 6) is 1.25. The number of fused-ring (bicyclic) bond motifs is 20. The zero-order valence-corrected chi connectivity index (χ0v) is 72.1. The summed E-state index contributed by atoms with van der Waals surface area (Å²) < 4.78 is 14.9. The van der Waals surface area contributed by atoms with Crippen LogP contribution in [-0.2, 0) is 0 Å². The number of aromatic nitrogens is 9. The molecule has 8 aromatic heterocycles. The number of nitrogens with zero attached hydrogens (tertiary/aromatic N) is 9. The number of hydrogen-bond acceptors (Lipinski definition) is 5. The molecule has 0 saturated carbocycles. The molecule has 27 aromatic rings. The zero-order chi connectivity index (χ0) is 86.6. The Bertz CT molecular complexity index is 9250. The maximum Gasteiger partial charge on any atom is 0.160 e. The van der Waals surface area contributed by atoms with E-state index >= 15 is 0 Å². The minimum absolute atomic E-state index is 0.607. The molecule has 132 heavy (non-hydrogen) atoms. The Morgan fingerprint density at radius 3 is 1.06 bits per heavy atom. The van der Waals surface area contributed by atoms with Crippen LogP contribution < -0.4 is 0 Å². The molecule has 0 amide bonds. The predicted molar refractivity (Wildman–Crippen MR) is 551 cm³/mol. The minimum Gasteiger partial charge on any atom is -0.309 e. The van der Waals surface area contributed by atoms with Crippen molar-refractivity contribution in [2.75, 3.05) is 0 Å². The quantitative estimate of drug-likeness (QED) is 0.109. The van der Waals surface area contributed by atoms with Crippen molar-refractivity contribution in [2.45, 2.75) is 0 Å². The van der Waals surface area contributed by atoms with E-state index in [-0.39, 0.29) is 0 Å². The van der Waals surface area contributed by atoms with Gasteiger partial charge in [0.25, 0.3) is 0 Å². The van der Waals surface area contributed by atoms with Gasteiger partial charge in [-0.1, -0.05) is 340 Å². The highest BCUT2D eigenvalue weighted by atomic mass is 32.1. The van der Waals surface area contributed by atoms with E-state index in [0.29, 0.717) is 11.6 Å². The molecule has 0 radical (unpaired) electrons. The third kappa shape index (κ3) is 11.6. The third-order valence-electron chi connectivity index (χ3n) is 27.0. The fourth-order valence-electron chi connectivity index (χ4n) is 21.4. The SMILES string of the molecule is c1ccc(-c2cc(-c3cccc(-n4c5ccc(-c6ccccc6-c6cc(-c7cccc(-n8c9ccccc9c9c8ccc8c%10ccccc%10n(-c%10ccccc%10)c89)c7-c7ccccc7-n7c8ccccc8c8ccccc87)nc(-c7ccccc7)n6)cc5c5c6sc7ccccc7c6ccc54)c3-c3ccccc3-n3c4ccccc4c4ccccc43)nc(-c3ccccc3)n2)cc1. The predicted octanol–water partition coefficient (Wildman–Crippen LogP) is 32.1. The first-order valence-electron chi connectivity index (χ1n) is 44.9. The second-order valence-corrected chi connectivity index (χ2v) is 35.2. The van der Waals surface area contributed by atoms with Gasteiger partial charge < -0.3 is 22.8 Å². The Morgan fingerprint density at radius 2 is 0.530 bits per heavy atom. The highest BCUT2D eigenvalue weighted by Crippen LogP contribution is 2.53. The highest BCUT2D eigenvalue weighted by molar-refractivity contribution is 7.26. The molecule has 0 aliphatic rings. The monoisotopic (exact) mass is 1700 g/mol. The van der Waals surface area contributed by atoms with Crippen LogP contribution >= 0.6 is 11.3 Å². The van der Waals surface area contributed by atoms with Gasteiger partial charge in [0.1, 0.15) is 0 Å². The van der Waals surface area contributed by atoms with Gasteiger partial charge in [0.15, 0.2) is 11.6 Å². The first kappa shape index (κ1) is 74.8. The van der Waals surface area contributed by atoms with Crippen LogP contribution in [-0.4, -0.2) is 42.8 Å². The number of para-hydroxylation sites is 9. The smallest absolute Gasteiger partial charge is 0.160 e. The molecule has 0 saturated heterocycles. The molecule has 27 rings (SSSR count). The van der Waals surface area contributed by atoms with Gasteiger partial charge in [-0.05, 0) is 126 Å². The largest absolute Gasteiger partial charge is 0.309 e.